The van der Waals surface area contributed by atoms with E-state index in [1.165, 1.54) is 0 Å². The van der Waals surface area contributed by atoms with Gasteiger partial charge in [0.25, 0.3) is 0 Å². The molecule has 3 nitrogen and oxygen atoms in total. The van der Waals surface area contributed by atoms with E-state index in [2.05, 4.69) is 11.8 Å². The Labute approximate surface area is 127 Å². The van der Waals surface area contributed by atoms with Crippen LogP contribution in [0.3, 0.4) is 0 Å². The van der Waals surface area contributed by atoms with E-state index in [1.807, 2.05) is 37.3 Å². The summed E-state index contributed by atoms with van der Waals surface area (Å²) in [6, 6.07) is 10.4. The van der Waals surface area contributed by atoms with Crippen molar-refractivity contribution in [2.45, 2.75) is 45.1 Å². The highest BCUT2D eigenvalue weighted by Gasteiger charge is 2.47. The van der Waals surface area contributed by atoms with Gasteiger partial charge in [0.05, 0.1) is 5.92 Å². The molecule has 0 unspecified atom stereocenters. The van der Waals surface area contributed by atoms with E-state index in [9.17, 15) is 4.79 Å². The van der Waals surface area contributed by atoms with Crippen LogP contribution >= 0.6 is 0 Å². The number of amides is 1. The van der Waals surface area contributed by atoms with Crippen molar-refractivity contribution in [3.63, 3.8) is 0 Å². The standard InChI is InChI=1S/C18H25NO2/c1-14(16-6-4-3-5-7-16)17(20)19-11-8-18(15(19)2)9-12-21-13-10-18/h3-7,14-15H,8-13H2,1-2H3/t14-,15-/m1/s1. The molecule has 2 atom stereocenters. The average molecular weight is 287 g/mol. The molecule has 0 saturated carbocycles. The summed E-state index contributed by atoms with van der Waals surface area (Å²) < 4.78 is 5.51. The predicted molar refractivity (Wildman–Crippen MR) is 83.1 cm³/mol. The summed E-state index contributed by atoms with van der Waals surface area (Å²) in [6.45, 7) is 6.85. The maximum Gasteiger partial charge on any atom is 0.230 e. The molecule has 0 bridgehead atoms. The highest BCUT2D eigenvalue weighted by Crippen LogP contribution is 2.45. The van der Waals surface area contributed by atoms with Crippen LogP contribution in [0.5, 0.6) is 0 Å². The molecule has 0 aliphatic carbocycles. The largest absolute Gasteiger partial charge is 0.381 e. The number of nitrogens with zero attached hydrogens (tertiary/aromatic N) is 1. The van der Waals surface area contributed by atoms with Gasteiger partial charge in [0, 0.05) is 25.8 Å². The Hall–Kier alpha value is -1.35. The van der Waals surface area contributed by atoms with Crippen molar-refractivity contribution in [2.75, 3.05) is 19.8 Å². The lowest BCUT2D eigenvalue weighted by Gasteiger charge is -2.39. The van der Waals surface area contributed by atoms with Gasteiger partial charge in [-0.1, -0.05) is 30.3 Å². The van der Waals surface area contributed by atoms with Gasteiger partial charge in [-0.25, -0.2) is 0 Å². The summed E-state index contributed by atoms with van der Waals surface area (Å²) in [4.78, 5) is 15.0. The van der Waals surface area contributed by atoms with E-state index in [-0.39, 0.29) is 11.8 Å². The number of likely N-dealkylation sites (tertiary alicyclic amines) is 1. The van der Waals surface area contributed by atoms with Gasteiger partial charge in [-0.05, 0) is 44.1 Å². The Bertz CT molecular complexity index is 493. The van der Waals surface area contributed by atoms with Gasteiger partial charge in [0.2, 0.25) is 5.91 Å². The van der Waals surface area contributed by atoms with Crippen LogP contribution in [0, 0.1) is 5.41 Å². The molecular formula is C18H25NO2. The number of hydrogen-bond acceptors (Lipinski definition) is 2. The van der Waals surface area contributed by atoms with Crippen molar-refractivity contribution < 1.29 is 9.53 Å². The van der Waals surface area contributed by atoms with Gasteiger partial charge < -0.3 is 9.64 Å². The van der Waals surface area contributed by atoms with Gasteiger partial charge in [0.1, 0.15) is 0 Å². The molecule has 0 N–H and O–H groups in total. The predicted octanol–water partition coefficient (Wildman–Crippen LogP) is 3.21. The van der Waals surface area contributed by atoms with Crippen LogP contribution in [0.15, 0.2) is 30.3 Å². The summed E-state index contributed by atoms with van der Waals surface area (Å²) >= 11 is 0. The first-order valence-electron chi connectivity index (χ1n) is 8.07. The van der Waals surface area contributed by atoms with Crippen molar-refractivity contribution >= 4 is 5.91 Å². The summed E-state index contributed by atoms with van der Waals surface area (Å²) in [5.41, 5.74) is 1.41. The maximum atomic E-state index is 12.9. The molecule has 1 amide bonds. The van der Waals surface area contributed by atoms with E-state index in [1.54, 1.807) is 0 Å². The quantitative estimate of drug-likeness (QED) is 0.836. The Kier molecular flexibility index (Phi) is 4.03. The Balaban J connectivity index is 1.74. The number of rotatable bonds is 2. The number of carbonyl (C=O) groups is 1. The normalized spacial score (nSPS) is 26.0. The van der Waals surface area contributed by atoms with E-state index >= 15 is 0 Å². The molecule has 3 rings (SSSR count). The van der Waals surface area contributed by atoms with Crippen LogP contribution in [-0.2, 0) is 9.53 Å². The first-order chi connectivity index (χ1) is 10.1. The molecule has 21 heavy (non-hydrogen) atoms. The third kappa shape index (κ3) is 2.59. The fourth-order valence-electron chi connectivity index (χ4n) is 3.96. The molecule has 0 aromatic heterocycles. The summed E-state index contributed by atoms with van der Waals surface area (Å²) in [6.07, 6.45) is 3.32. The second kappa shape index (κ2) is 5.80. The van der Waals surface area contributed by atoms with Crippen LogP contribution in [-0.4, -0.2) is 36.6 Å². The SMILES string of the molecule is C[C@@H](C(=O)N1CCC2(CCOCC2)[C@H]1C)c1ccccc1. The van der Waals surface area contributed by atoms with Gasteiger partial charge in [-0.2, -0.15) is 0 Å². The number of hydrogen-bond donors (Lipinski definition) is 0. The highest BCUT2D eigenvalue weighted by molar-refractivity contribution is 5.84. The smallest absolute Gasteiger partial charge is 0.230 e. The number of benzene rings is 1. The van der Waals surface area contributed by atoms with E-state index in [4.69, 9.17) is 4.74 Å². The Morgan fingerprint density at radius 3 is 2.57 bits per heavy atom. The summed E-state index contributed by atoms with van der Waals surface area (Å²) in [5.74, 6) is 0.223. The number of carbonyl (C=O) groups excluding carboxylic acids is 1. The van der Waals surface area contributed by atoms with E-state index < -0.39 is 0 Å². The van der Waals surface area contributed by atoms with Gasteiger partial charge in [-0.15, -0.1) is 0 Å². The molecule has 2 saturated heterocycles. The van der Waals surface area contributed by atoms with Crippen molar-refractivity contribution in [1.82, 2.24) is 4.90 Å². The second-order valence-corrected chi connectivity index (χ2v) is 6.56. The van der Waals surface area contributed by atoms with Crippen LogP contribution in [0.2, 0.25) is 0 Å². The average Bonchev–Trinajstić information content (AvgIpc) is 2.84. The first kappa shape index (κ1) is 14.6. The lowest BCUT2D eigenvalue weighted by Crippen LogP contribution is -2.44. The molecule has 1 aromatic rings. The van der Waals surface area contributed by atoms with Gasteiger partial charge >= 0.3 is 0 Å². The van der Waals surface area contributed by atoms with Crippen molar-refractivity contribution in [1.29, 1.82) is 0 Å². The summed E-state index contributed by atoms with van der Waals surface area (Å²) in [7, 11) is 0. The second-order valence-electron chi connectivity index (χ2n) is 6.56. The minimum absolute atomic E-state index is 0.0522. The zero-order chi connectivity index (χ0) is 14.9. The Morgan fingerprint density at radius 2 is 1.90 bits per heavy atom. The molecule has 2 aliphatic heterocycles. The molecule has 1 aromatic carbocycles. The monoisotopic (exact) mass is 287 g/mol. The van der Waals surface area contributed by atoms with Crippen LogP contribution < -0.4 is 0 Å². The van der Waals surface area contributed by atoms with Crippen molar-refractivity contribution in [2.24, 2.45) is 5.41 Å². The van der Waals surface area contributed by atoms with Gasteiger partial charge in [0.15, 0.2) is 0 Å². The minimum atomic E-state index is -0.0522. The molecule has 114 valence electrons. The van der Waals surface area contributed by atoms with Crippen LogP contribution in [0.4, 0.5) is 0 Å². The molecule has 2 fully saturated rings. The molecule has 0 radical (unpaired) electrons. The van der Waals surface area contributed by atoms with Gasteiger partial charge in [-0.3, -0.25) is 4.79 Å². The lowest BCUT2D eigenvalue weighted by molar-refractivity contribution is -0.134. The highest BCUT2D eigenvalue weighted by atomic mass is 16.5. The summed E-state index contributed by atoms with van der Waals surface area (Å²) in [5, 5.41) is 0. The molecule has 3 heteroatoms. The van der Waals surface area contributed by atoms with Crippen molar-refractivity contribution in [3.8, 4) is 0 Å². The molecule has 2 aliphatic rings. The number of ether oxygens (including phenoxy) is 1. The zero-order valence-electron chi connectivity index (χ0n) is 13.0. The third-order valence-electron chi connectivity index (χ3n) is 5.65. The minimum Gasteiger partial charge on any atom is -0.381 e. The topological polar surface area (TPSA) is 29.5 Å². The Morgan fingerprint density at radius 1 is 1.24 bits per heavy atom. The molecular weight excluding hydrogens is 262 g/mol. The molecule has 1 spiro atoms. The van der Waals surface area contributed by atoms with Crippen LogP contribution in [0.25, 0.3) is 0 Å². The van der Waals surface area contributed by atoms with E-state index in [0.717, 1.165) is 44.6 Å². The molecule has 2 heterocycles. The maximum absolute atomic E-state index is 12.9. The fraction of sp³-hybridized carbons (Fsp3) is 0.611. The van der Waals surface area contributed by atoms with Crippen LogP contribution in [0.1, 0.15) is 44.6 Å². The zero-order valence-corrected chi connectivity index (χ0v) is 13.0. The van der Waals surface area contributed by atoms with Crippen molar-refractivity contribution in [3.05, 3.63) is 35.9 Å². The van der Waals surface area contributed by atoms with E-state index in [0.29, 0.717) is 11.5 Å². The third-order valence-corrected chi connectivity index (χ3v) is 5.65. The first-order valence-corrected chi connectivity index (χ1v) is 8.07. The lowest BCUT2D eigenvalue weighted by atomic mass is 9.74. The fourth-order valence-corrected chi connectivity index (χ4v) is 3.96.